The molecule has 300 valence electrons. The first-order chi connectivity index (χ1) is 26.6. The second-order valence-electron chi connectivity index (χ2n) is 17.1. The number of anilines is 2. The standard InChI is InChI=1S/C45H44F6N2O2S2/c1-25-9-11-35-33(21-25)39(5,6)41(52(35)17-19-54-41)15-13-29-23-31(27(3)56-29)37-38(44(48,49)45(50,51)43(37,46)47)32-24-30(57-28(32)4)14-16-42-40(7,8)34-22-26(2)10-12-36(34)53(42)18-20-55-42/h9-16,21-24H,17-20H2,1-8H3/b15-13-,16-14+. The van der Waals surface area contributed by atoms with Crippen molar-refractivity contribution in [2.75, 3.05) is 36.1 Å². The number of rotatable bonds is 6. The number of aryl methyl sites for hydroxylation is 4. The predicted octanol–water partition coefficient (Wildman–Crippen LogP) is 11.9. The zero-order valence-electron chi connectivity index (χ0n) is 33.1. The minimum Gasteiger partial charge on any atom is -0.349 e. The van der Waals surface area contributed by atoms with E-state index in [4.69, 9.17) is 9.47 Å². The fraction of sp³-hybridized carbons (Fsp3) is 0.422. The van der Waals surface area contributed by atoms with Crippen molar-refractivity contribution in [1.29, 1.82) is 0 Å². The molecule has 57 heavy (non-hydrogen) atoms. The lowest BCUT2D eigenvalue weighted by atomic mass is 9.77. The van der Waals surface area contributed by atoms with Gasteiger partial charge in [-0.1, -0.05) is 63.1 Å². The Morgan fingerprint density at radius 1 is 0.579 bits per heavy atom. The summed E-state index contributed by atoms with van der Waals surface area (Å²) in [5, 5.41) is 0. The predicted molar refractivity (Wildman–Crippen MR) is 218 cm³/mol. The van der Waals surface area contributed by atoms with E-state index in [1.165, 1.54) is 26.0 Å². The summed E-state index contributed by atoms with van der Waals surface area (Å²) in [6, 6.07) is 15.2. The molecule has 2 atom stereocenters. The minimum atomic E-state index is -5.66. The molecule has 5 aliphatic rings. The van der Waals surface area contributed by atoms with E-state index in [-0.39, 0.29) is 20.9 Å². The molecule has 2 saturated heterocycles. The lowest BCUT2D eigenvalue weighted by Gasteiger charge is -2.39. The largest absolute Gasteiger partial charge is 0.380 e. The molecule has 0 spiro atoms. The number of allylic oxidation sites excluding steroid dienone is 2. The van der Waals surface area contributed by atoms with Crippen molar-refractivity contribution in [3.63, 3.8) is 0 Å². The minimum absolute atomic E-state index is 0.227. The molecule has 6 heterocycles. The zero-order chi connectivity index (χ0) is 40.9. The van der Waals surface area contributed by atoms with Gasteiger partial charge in [-0.2, -0.15) is 26.3 Å². The van der Waals surface area contributed by atoms with Crippen LogP contribution in [0.15, 0.2) is 60.7 Å². The molecular weight excluding hydrogens is 779 g/mol. The number of hydrogen-bond donors (Lipinski definition) is 0. The van der Waals surface area contributed by atoms with Crippen LogP contribution in [0.2, 0.25) is 0 Å². The van der Waals surface area contributed by atoms with E-state index in [0.717, 1.165) is 56.3 Å². The quantitative estimate of drug-likeness (QED) is 0.181. The van der Waals surface area contributed by atoms with Crippen molar-refractivity contribution in [2.45, 2.75) is 95.4 Å². The molecule has 12 heteroatoms. The van der Waals surface area contributed by atoms with Crippen molar-refractivity contribution in [2.24, 2.45) is 0 Å². The maximum Gasteiger partial charge on any atom is 0.380 e. The molecule has 9 rings (SSSR count). The van der Waals surface area contributed by atoms with Crippen LogP contribution < -0.4 is 9.80 Å². The number of hydrogen-bond acceptors (Lipinski definition) is 6. The van der Waals surface area contributed by atoms with Crippen LogP contribution in [-0.4, -0.2) is 55.5 Å². The summed E-state index contributed by atoms with van der Waals surface area (Å²) >= 11 is 2.18. The van der Waals surface area contributed by atoms with Gasteiger partial charge in [0.05, 0.1) is 13.2 Å². The van der Waals surface area contributed by atoms with Crippen LogP contribution in [0.4, 0.5) is 37.7 Å². The van der Waals surface area contributed by atoms with Gasteiger partial charge in [0, 0.05) is 65.9 Å². The van der Waals surface area contributed by atoms with Crippen LogP contribution >= 0.6 is 22.7 Å². The van der Waals surface area contributed by atoms with Crippen LogP contribution in [0.3, 0.4) is 0 Å². The first kappa shape index (κ1) is 38.7. The van der Waals surface area contributed by atoms with E-state index in [1.54, 1.807) is 12.2 Å². The number of alkyl halides is 6. The van der Waals surface area contributed by atoms with E-state index in [1.807, 2.05) is 38.1 Å². The molecule has 4 aliphatic heterocycles. The normalized spacial score (nSPS) is 27.3. The first-order valence-electron chi connectivity index (χ1n) is 19.2. The maximum atomic E-state index is 16.1. The summed E-state index contributed by atoms with van der Waals surface area (Å²) in [4.78, 5) is 5.73. The van der Waals surface area contributed by atoms with Crippen molar-refractivity contribution >= 4 is 57.3 Å². The number of fused-ring (bicyclic) bond motifs is 6. The van der Waals surface area contributed by atoms with Crippen LogP contribution in [0, 0.1) is 27.7 Å². The molecule has 0 bridgehead atoms. The van der Waals surface area contributed by atoms with Gasteiger partial charge in [0.15, 0.2) is 11.4 Å². The Hall–Kier alpha value is -3.84. The maximum absolute atomic E-state index is 16.1. The Morgan fingerprint density at radius 3 is 1.35 bits per heavy atom. The molecule has 2 aromatic carbocycles. The molecule has 2 aromatic heterocycles. The lowest BCUT2D eigenvalue weighted by Crippen LogP contribution is -2.51. The highest BCUT2D eigenvalue weighted by Gasteiger charge is 2.80. The second-order valence-corrected chi connectivity index (χ2v) is 19.6. The molecule has 0 radical (unpaired) electrons. The Kier molecular flexibility index (Phi) is 8.22. The number of thiophene rings is 2. The SMILES string of the molecule is Cc1ccc2c(c1)C(C)(C)C1(/C=C\c3cc(C4=C(c5cc(/C=C/C67OCCN6c6ccc(C)cc6C7(C)C)sc5C)C(F)(F)C(F)(F)C4(F)F)c(C)s3)OCCN21. The highest BCUT2D eigenvalue weighted by atomic mass is 32.1. The fourth-order valence-electron chi connectivity index (χ4n) is 10.1. The van der Waals surface area contributed by atoms with Crippen LogP contribution in [-0.2, 0) is 20.3 Å². The van der Waals surface area contributed by atoms with Gasteiger partial charge in [-0.05, 0) is 98.5 Å². The van der Waals surface area contributed by atoms with Crippen molar-refractivity contribution < 1.29 is 35.8 Å². The number of ether oxygens (including phenoxy) is 2. The van der Waals surface area contributed by atoms with Crippen LogP contribution in [0.1, 0.15) is 80.6 Å². The topological polar surface area (TPSA) is 24.9 Å². The summed E-state index contributed by atoms with van der Waals surface area (Å²) in [5.74, 6) is -16.0. The molecule has 4 nitrogen and oxygen atoms in total. The molecule has 4 aromatic rings. The Bertz CT molecular complexity index is 2290. The third kappa shape index (κ3) is 4.87. The molecule has 2 unspecified atom stereocenters. The van der Waals surface area contributed by atoms with Gasteiger partial charge < -0.3 is 19.3 Å². The number of nitrogens with zero attached hydrogens (tertiary/aromatic N) is 2. The fourth-order valence-corrected chi connectivity index (χ4v) is 11.9. The van der Waals surface area contributed by atoms with Gasteiger partial charge in [-0.3, -0.25) is 0 Å². The molecule has 1 aliphatic carbocycles. The highest BCUT2D eigenvalue weighted by molar-refractivity contribution is 7.13. The first-order valence-corrected chi connectivity index (χ1v) is 20.8. The molecule has 0 saturated carbocycles. The van der Waals surface area contributed by atoms with Gasteiger partial charge in [-0.25, -0.2) is 0 Å². The van der Waals surface area contributed by atoms with Gasteiger partial charge in [-0.15, -0.1) is 22.7 Å². The van der Waals surface area contributed by atoms with E-state index in [2.05, 4.69) is 61.8 Å². The van der Waals surface area contributed by atoms with E-state index < -0.39 is 51.2 Å². The highest BCUT2D eigenvalue weighted by Crippen LogP contribution is 2.66. The van der Waals surface area contributed by atoms with Gasteiger partial charge in [0.25, 0.3) is 0 Å². The summed E-state index contributed by atoms with van der Waals surface area (Å²) in [7, 11) is 0. The number of halogens is 6. The van der Waals surface area contributed by atoms with E-state index >= 15 is 26.3 Å². The lowest BCUT2D eigenvalue weighted by molar-refractivity contribution is -0.254. The third-order valence-corrected chi connectivity index (χ3v) is 15.2. The van der Waals surface area contributed by atoms with Crippen LogP contribution in [0.5, 0.6) is 0 Å². The van der Waals surface area contributed by atoms with Crippen molar-refractivity contribution in [1.82, 2.24) is 0 Å². The van der Waals surface area contributed by atoms with Gasteiger partial charge in [0.1, 0.15) is 0 Å². The molecule has 2 fully saturated rings. The average molecular weight is 823 g/mol. The monoisotopic (exact) mass is 822 g/mol. The average Bonchev–Trinajstić information content (AvgIpc) is 3.98. The van der Waals surface area contributed by atoms with Crippen LogP contribution in [0.25, 0.3) is 23.3 Å². The Balaban J connectivity index is 1.12. The smallest absolute Gasteiger partial charge is 0.349 e. The summed E-state index contributed by atoms with van der Waals surface area (Å²) in [6.07, 6.45) is 7.25. The third-order valence-electron chi connectivity index (χ3n) is 13.1. The Morgan fingerprint density at radius 2 is 0.965 bits per heavy atom. The summed E-state index contributed by atoms with van der Waals surface area (Å²) in [6.45, 7) is 17.6. The summed E-state index contributed by atoms with van der Waals surface area (Å²) in [5.41, 5.74) is 0.408. The van der Waals surface area contributed by atoms with E-state index in [0.29, 0.717) is 36.1 Å². The van der Waals surface area contributed by atoms with Crippen molar-refractivity contribution in [3.05, 3.63) is 114 Å². The van der Waals surface area contributed by atoms with Crippen molar-refractivity contribution in [3.8, 4) is 0 Å². The number of benzene rings is 2. The molecule has 0 amide bonds. The van der Waals surface area contributed by atoms with Gasteiger partial charge in [0.2, 0.25) is 0 Å². The summed E-state index contributed by atoms with van der Waals surface area (Å²) < 4.78 is 108. The van der Waals surface area contributed by atoms with E-state index in [9.17, 15) is 0 Å². The second kappa shape index (κ2) is 12.1. The molecular formula is C45H44F6N2O2S2. The Labute approximate surface area is 337 Å². The molecule has 0 N–H and O–H groups in total. The van der Waals surface area contributed by atoms with Gasteiger partial charge >= 0.3 is 17.8 Å². The zero-order valence-corrected chi connectivity index (χ0v) is 34.7.